The van der Waals surface area contributed by atoms with Gasteiger partial charge in [-0.3, -0.25) is 9.59 Å². The van der Waals surface area contributed by atoms with Crippen LogP contribution in [0.2, 0.25) is 0 Å². The number of piperidine rings is 1. The molecule has 6 heteroatoms. The second-order valence-electron chi connectivity index (χ2n) is 7.13. The Kier molecular flexibility index (Phi) is 4.78. The number of nitrogens with zero attached hydrogens (tertiary/aromatic N) is 1. The molecule has 1 aromatic carbocycles. The van der Waals surface area contributed by atoms with Gasteiger partial charge in [0.15, 0.2) is 5.78 Å². The molecule has 4 rings (SSSR count). The molecule has 3 heterocycles. The lowest BCUT2D eigenvalue weighted by Crippen LogP contribution is -2.48. The average Bonchev–Trinajstić information content (AvgIpc) is 3.18. The van der Waals surface area contributed by atoms with Crippen LogP contribution in [-0.2, 0) is 16.8 Å². The fourth-order valence-electron chi connectivity index (χ4n) is 4.07. The van der Waals surface area contributed by atoms with Crippen molar-refractivity contribution >= 4 is 23.0 Å². The van der Waals surface area contributed by atoms with Crippen molar-refractivity contribution in [2.75, 3.05) is 26.8 Å². The van der Waals surface area contributed by atoms with Gasteiger partial charge >= 0.3 is 0 Å². The third kappa shape index (κ3) is 3.28. The highest BCUT2D eigenvalue weighted by Gasteiger charge is 2.42. The van der Waals surface area contributed by atoms with Crippen LogP contribution in [0.4, 0.5) is 0 Å². The SMILES string of the molecule is COc1ccc2c(c1)CCOC21CCN(C(=O)c2ccc(C(C)=O)s2)CC1. The van der Waals surface area contributed by atoms with E-state index in [-0.39, 0.29) is 17.3 Å². The first kappa shape index (κ1) is 18.2. The first-order valence-electron chi connectivity index (χ1n) is 9.24. The molecule has 0 atom stereocenters. The van der Waals surface area contributed by atoms with Crippen molar-refractivity contribution < 1.29 is 19.1 Å². The summed E-state index contributed by atoms with van der Waals surface area (Å²) in [5.74, 6) is 0.879. The first-order valence-corrected chi connectivity index (χ1v) is 10.1. The lowest BCUT2D eigenvalue weighted by atomic mass is 9.79. The number of ether oxygens (including phenoxy) is 2. The van der Waals surface area contributed by atoms with Crippen LogP contribution in [0.15, 0.2) is 30.3 Å². The van der Waals surface area contributed by atoms with Gasteiger partial charge in [0.1, 0.15) is 5.75 Å². The number of hydrogen-bond acceptors (Lipinski definition) is 5. The van der Waals surface area contributed by atoms with Gasteiger partial charge in [0.05, 0.1) is 29.1 Å². The van der Waals surface area contributed by atoms with Crippen LogP contribution in [0.25, 0.3) is 0 Å². The summed E-state index contributed by atoms with van der Waals surface area (Å²) in [5.41, 5.74) is 2.21. The topological polar surface area (TPSA) is 55.8 Å². The molecule has 1 amide bonds. The highest BCUT2D eigenvalue weighted by Crippen LogP contribution is 2.42. The summed E-state index contributed by atoms with van der Waals surface area (Å²) in [4.78, 5) is 27.4. The normalized spacial score (nSPS) is 18.2. The van der Waals surface area contributed by atoms with Gasteiger partial charge in [-0.2, -0.15) is 0 Å². The Labute approximate surface area is 162 Å². The quantitative estimate of drug-likeness (QED) is 0.757. The predicted octanol–water partition coefficient (Wildman–Crippen LogP) is 3.66. The third-order valence-electron chi connectivity index (χ3n) is 5.58. The Morgan fingerprint density at radius 3 is 2.56 bits per heavy atom. The van der Waals surface area contributed by atoms with Crippen LogP contribution < -0.4 is 4.74 Å². The van der Waals surface area contributed by atoms with Crippen molar-refractivity contribution in [2.45, 2.75) is 31.8 Å². The van der Waals surface area contributed by atoms with Crippen LogP contribution in [0.1, 0.15) is 50.2 Å². The van der Waals surface area contributed by atoms with E-state index in [0.717, 1.165) is 25.0 Å². The van der Waals surface area contributed by atoms with E-state index in [1.54, 1.807) is 19.2 Å². The predicted molar refractivity (Wildman–Crippen MR) is 104 cm³/mol. The van der Waals surface area contributed by atoms with E-state index in [4.69, 9.17) is 9.47 Å². The number of likely N-dealkylation sites (tertiary alicyclic amines) is 1. The van der Waals surface area contributed by atoms with Gasteiger partial charge in [-0.25, -0.2) is 0 Å². The Morgan fingerprint density at radius 2 is 1.89 bits per heavy atom. The maximum atomic E-state index is 12.8. The summed E-state index contributed by atoms with van der Waals surface area (Å²) < 4.78 is 11.6. The molecule has 0 N–H and O–H groups in total. The lowest BCUT2D eigenvalue weighted by Gasteiger charge is -2.45. The summed E-state index contributed by atoms with van der Waals surface area (Å²) in [6, 6.07) is 9.70. The molecule has 0 bridgehead atoms. The van der Waals surface area contributed by atoms with Crippen LogP contribution in [0.5, 0.6) is 5.75 Å². The number of hydrogen-bond donors (Lipinski definition) is 0. The molecule has 2 aliphatic rings. The smallest absolute Gasteiger partial charge is 0.263 e. The van der Waals surface area contributed by atoms with Crippen molar-refractivity contribution in [3.05, 3.63) is 51.2 Å². The van der Waals surface area contributed by atoms with Gasteiger partial charge in [0.2, 0.25) is 0 Å². The average molecular weight is 385 g/mol. The third-order valence-corrected chi connectivity index (χ3v) is 6.75. The highest BCUT2D eigenvalue weighted by atomic mass is 32.1. The highest BCUT2D eigenvalue weighted by molar-refractivity contribution is 7.15. The van der Waals surface area contributed by atoms with E-state index < -0.39 is 0 Å². The number of carbonyl (C=O) groups excluding carboxylic acids is 2. The van der Waals surface area contributed by atoms with Crippen molar-refractivity contribution in [3.8, 4) is 5.75 Å². The summed E-state index contributed by atoms with van der Waals surface area (Å²) in [6.45, 7) is 3.52. The van der Waals surface area contributed by atoms with E-state index in [2.05, 4.69) is 12.1 Å². The Morgan fingerprint density at radius 1 is 1.15 bits per heavy atom. The second kappa shape index (κ2) is 7.09. The number of benzene rings is 1. The molecular formula is C21H23NO4S. The molecule has 0 radical (unpaired) electrons. The number of methoxy groups -OCH3 is 1. The maximum Gasteiger partial charge on any atom is 0.263 e. The zero-order valence-electron chi connectivity index (χ0n) is 15.6. The number of rotatable bonds is 3. The summed E-state index contributed by atoms with van der Waals surface area (Å²) >= 11 is 1.28. The number of amides is 1. The molecule has 0 aliphatic carbocycles. The van der Waals surface area contributed by atoms with Crippen LogP contribution in [-0.4, -0.2) is 43.4 Å². The molecule has 2 aromatic rings. The Hall–Kier alpha value is -2.18. The van der Waals surface area contributed by atoms with Gasteiger partial charge in [-0.05, 0) is 61.6 Å². The zero-order chi connectivity index (χ0) is 19.0. The molecule has 0 saturated carbocycles. The molecule has 1 aromatic heterocycles. The van der Waals surface area contributed by atoms with E-state index in [9.17, 15) is 9.59 Å². The molecule has 1 saturated heterocycles. The number of Topliss-reactive ketones (excluding diaryl/α,β-unsaturated/α-hetero) is 1. The van der Waals surface area contributed by atoms with Gasteiger partial charge in [-0.15, -0.1) is 11.3 Å². The Bertz CT molecular complexity index is 880. The molecule has 5 nitrogen and oxygen atoms in total. The first-order chi connectivity index (χ1) is 13.0. The molecule has 0 unspecified atom stereocenters. The molecule has 1 fully saturated rings. The molecule has 142 valence electrons. The van der Waals surface area contributed by atoms with Gasteiger partial charge in [0.25, 0.3) is 5.91 Å². The largest absolute Gasteiger partial charge is 0.497 e. The number of fused-ring (bicyclic) bond motifs is 2. The zero-order valence-corrected chi connectivity index (χ0v) is 16.4. The van der Waals surface area contributed by atoms with E-state index >= 15 is 0 Å². The van der Waals surface area contributed by atoms with Crippen LogP contribution in [0, 0.1) is 0 Å². The maximum absolute atomic E-state index is 12.8. The van der Waals surface area contributed by atoms with Crippen molar-refractivity contribution in [3.63, 3.8) is 0 Å². The minimum atomic E-state index is -0.309. The molecular weight excluding hydrogens is 362 g/mol. The minimum absolute atomic E-state index is 0.000659. The summed E-state index contributed by atoms with van der Waals surface area (Å²) in [6.07, 6.45) is 2.45. The van der Waals surface area contributed by atoms with E-state index in [0.29, 0.717) is 29.5 Å². The number of thiophene rings is 1. The monoisotopic (exact) mass is 385 g/mol. The molecule has 2 aliphatic heterocycles. The second-order valence-corrected chi connectivity index (χ2v) is 8.21. The fourth-order valence-corrected chi connectivity index (χ4v) is 4.93. The lowest BCUT2D eigenvalue weighted by molar-refractivity contribution is -0.0935. The molecule has 27 heavy (non-hydrogen) atoms. The number of carbonyl (C=O) groups is 2. The Balaban J connectivity index is 1.50. The van der Waals surface area contributed by atoms with Crippen molar-refractivity contribution in [2.24, 2.45) is 0 Å². The van der Waals surface area contributed by atoms with Crippen LogP contribution in [0.3, 0.4) is 0 Å². The van der Waals surface area contributed by atoms with E-state index in [1.807, 2.05) is 11.0 Å². The molecule has 1 spiro atoms. The summed E-state index contributed by atoms with van der Waals surface area (Å²) in [7, 11) is 1.68. The van der Waals surface area contributed by atoms with Gasteiger partial charge in [-0.1, -0.05) is 6.07 Å². The number of ketones is 1. The van der Waals surface area contributed by atoms with E-state index in [1.165, 1.54) is 29.4 Å². The van der Waals surface area contributed by atoms with Crippen molar-refractivity contribution in [1.29, 1.82) is 0 Å². The standard InChI is InChI=1S/C21H23NO4S/c1-14(23)18-5-6-19(27-18)20(24)22-10-8-21(9-11-22)17-4-3-16(25-2)13-15(17)7-12-26-21/h3-6,13H,7-12H2,1-2H3. The van der Waals surface area contributed by atoms with Gasteiger partial charge in [0, 0.05) is 13.1 Å². The summed E-state index contributed by atoms with van der Waals surface area (Å²) in [5, 5.41) is 0. The van der Waals surface area contributed by atoms with Gasteiger partial charge < -0.3 is 14.4 Å². The van der Waals surface area contributed by atoms with Crippen LogP contribution >= 0.6 is 11.3 Å². The van der Waals surface area contributed by atoms with Crippen molar-refractivity contribution in [1.82, 2.24) is 4.90 Å². The fraction of sp³-hybridized carbons (Fsp3) is 0.429. The minimum Gasteiger partial charge on any atom is -0.497 e.